The molecule has 0 saturated heterocycles. The van der Waals surface area contributed by atoms with Gasteiger partial charge in [-0.25, -0.2) is 4.79 Å². The lowest BCUT2D eigenvalue weighted by Gasteiger charge is -2.14. The zero-order chi connectivity index (χ0) is 16.5. The number of carboxylic acid groups (broad SMARTS) is 1. The average Bonchev–Trinajstić information content (AvgIpc) is 2.45. The number of rotatable bonds is 7. The number of anilines is 1. The summed E-state index contributed by atoms with van der Waals surface area (Å²) in [7, 11) is 0. The molecule has 0 aromatic heterocycles. The Kier molecular flexibility index (Phi) is 6.64. The lowest BCUT2D eigenvalue weighted by Crippen LogP contribution is -2.40. The Bertz CT molecular complexity index is 604. The van der Waals surface area contributed by atoms with E-state index in [1.165, 1.54) is 13.0 Å². The monoisotopic (exact) mass is 302 g/mol. The average molecular weight is 302 g/mol. The molecule has 0 fully saturated rings. The fraction of sp³-hybridized carbons (Fsp3) is 0.312. The highest BCUT2D eigenvalue weighted by molar-refractivity contribution is 5.98. The number of aliphatic carboxylic acids is 1. The van der Waals surface area contributed by atoms with Crippen LogP contribution in [0.25, 0.3) is 0 Å². The second-order valence-corrected chi connectivity index (χ2v) is 4.72. The van der Waals surface area contributed by atoms with Crippen molar-refractivity contribution in [2.24, 2.45) is 0 Å². The lowest BCUT2D eigenvalue weighted by molar-refractivity contribution is -0.139. The van der Waals surface area contributed by atoms with E-state index in [4.69, 9.17) is 11.5 Å². The molecule has 6 heteroatoms. The van der Waals surface area contributed by atoms with Gasteiger partial charge < -0.3 is 15.7 Å². The van der Waals surface area contributed by atoms with Crippen molar-refractivity contribution in [1.82, 2.24) is 5.32 Å². The molecule has 2 amide bonds. The molecule has 3 N–H and O–H groups in total. The number of carbonyl (C=O) groups is 3. The van der Waals surface area contributed by atoms with Crippen molar-refractivity contribution >= 4 is 23.5 Å². The minimum atomic E-state index is -1.11. The van der Waals surface area contributed by atoms with Gasteiger partial charge in [0, 0.05) is 24.6 Å². The molecule has 0 aliphatic heterocycles. The first-order valence-corrected chi connectivity index (χ1v) is 6.79. The second kappa shape index (κ2) is 8.47. The molecule has 1 rings (SSSR count). The third kappa shape index (κ3) is 5.67. The zero-order valence-electron chi connectivity index (χ0n) is 12.3. The predicted molar refractivity (Wildman–Crippen MR) is 82.3 cm³/mol. The van der Waals surface area contributed by atoms with E-state index in [-0.39, 0.29) is 17.9 Å². The summed E-state index contributed by atoms with van der Waals surface area (Å²) in [6, 6.07) is 5.27. The number of carbonyl (C=O) groups excluding carboxylic acids is 2. The molecule has 1 aromatic rings. The summed E-state index contributed by atoms with van der Waals surface area (Å²) in [5.41, 5.74) is 0.744. The smallest absolute Gasteiger partial charge is 0.326 e. The van der Waals surface area contributed by atoms with Gasteiger partial charge in [0.2, 0.25) is 5.91 Å². The van der Waals surface area contributed by atoms with E-state index < -0.39 is 17.9 Å². The van der Waals surface area contributed by atoms with Crippen LogP contribution in [-0.4, -0.2) is 28.9 Å². The molecular weight excluding hydrogens is 284 g/mol. The maximum atomic E-state index is 12.1. The molecule has 0 aliphatic rings. The normalized spacial score (nSPS) is 11.1. The summed E-state index contributed by atoms with van der Waals surface area (Å²) in [4.78, 5) is 34.3. The number of terminal acetylenes is 1. The van der Waals surface area contributed by atoms with Crippen molar-refractivity contribution in [1.29, 1.82) is 0 Å². The highest BCUT2D eigenvalue weighted by Crippen LogP contribution is 2.11. The molecule has 22 heavy (non-hydrogen) atoms. The highest BCUT2D eigenvalue weighted by atomic mass is 16.4. The first kappa shape index (κ1) is 17.2. The number of benzene rings is 1. The first-order chi connectivity index (χ1) is 10.4. The van der Waals surface area contributed by atoms with Gasteiger partial charge in [-0.1, -0.05) is 6.07 Å². The minimum Gasteiger partial charge on any atom is -0.480 e. The molecule has 0 radical (unpaired) electrons. The van der Waals surface area contributed by atoms with Gasteiger partial charge in [0.25, 0.3) is 5.91 Å². The topological polar surface area (TPSA) is 95.5 Å². The molecule has 0 spiro atoms. The Morgan fingerprint density at radius 1 is 1.36 bits per heavy atom. The van der Waals surface area contributed by atoms with Crippen molar-refractivity contribution in [3.63, 3.8) is 0 Å². The summed E-state index contributed by atoms with van der Waals surface area (Å²) in [5.74, 6) is 0.551. The summed E-state index contributed by atoms with van der Waals surface area (Å²) in [6.45, 7) is 1.36. The van der Waals surface area contributed by atoms with E-state index in [2.05, 4.69) is 16.6 Å². The van der Waals surface area contributed by atoms with E-state index in [9.17, 15) is 14.4 Å². The third-order valence-corrected chi connectivity index (χ3v) is 2.86. The van der Waals surface area contributed by atoms with Crippen molar-refractivity contribution < 1.29 is 19.5 Å². The Morgan fingerprint density at radius 3 is 2.68 bits per heavy atom. The van der Waals surface area contributed by atoms with Crippen LogP contribution < -0.4 is 10.6 Å². The number of unbranched alkanes of at least 4 members (excludes halogenated alkanes) is 1. The van der Waals surface area contributed by atoms with Crippen molar-refractivity contribution in [2.75, 3.05) is 5.32 Å². The molecule has 116 valence electrons. The van der Waals surface area contributed by atoms with Gasteiger partial charge in [-0.3, -0.25) is 9.59 Å². The van der Waals surface area contributed by atoms with Crippen LogP contribution in [0.4, 0.5) is 5.69 Å². The standard InChI is InChI=1S/C16H18N2O4/c1-3-4-5-9-14(16(21)22)18-15(20)12-7-6-8-13(10-12)17-11(2)19/h1,6-8,10,14H,4-5,9H2,2H3,(H,17,19)(H,18,20)(H,21,22)/t14-/m1/s1. The van der Waals surface area contributed by atoms with Gasteiger partial charge in [-0.2, -0.15) is 0 Å². The molecular formula is C16H18N2O4. The maximum Gasteiger partial charge on any atom is 0.326 e. The highest BCUT2D eigenvalue weighted by Gasteiger charge is 2.20. The van der Waals surface area contributed by atoms with Crippen LogP contribution in [0.1, 0.15) is 36.5 Å². The van der Waals surface area contributed by atoms with E-state index in [1.807, 2.05) is 0 Å². The van der Waals surface area contributed by atoms with Crippen molar-refractivity contribution in [2.45, 2.75) is 32.2 Å². The van der Waals surface area contributed by atoms with Gasteiger partial charge >= 0.3 is 5.97 Å². The van der Waals surface area contributed by atoms with Crippen LogP contribution in [0.5, 0.6) is 0 Å². The van der Waals surface area contributed by atoms with E-state index in [1.54, 1.807) is 18.2 Å². The van der Waals surface area contributed by atoms with Crippen LogP contribution in [0.3, 0.4) is 0 Å². The largest absolute Gasteiger partial charge is 0.480 e. The number of nitrogens with one attached hydrogen (secondary N) is 2. The van der Waals surface area contributed by atoms with Crippen LogP contribution in [0.2, 0.25) is 0 Å². The molecule has 0 heterocycles. The molecule has 6 nitrogen and oxygen atoms in total. The molecule has 1 atom stereocenters. The Balaban J connectivity index is 2.75. The van der Waals surface area contributed by atoms with Crippen LogP contribution in [0.15, 0.2) is 24.3 Å². The quantitative estimate of drug-likeness (QED) is 0.527. The van der Waals surface area contributed by atoms with Crippen LogP contribution in [0, 0.1) is 12.3 Å². The molecule has 0 saturated carbocycles. The second-order valence-electron chi connectivity index (χ2n) is 4.72. The SMILES string of the molecule is C#CCCC[C@@H](NC(=O)c1cccc(NC(C)=O)c1)C(=O)O. The number of hydrogen-bond donors (Lipinski definition) is 3. The third-order valence-electron chi connectivity index (χ3n) is 2.86. The van der Waals surface area contributed by atoms with Crippen LogP contribution >= 0.6 is 0 Å². The van der Waals surface area contributed by atoms with Gasteiger partial charge in [0.1, 0.15) is 6.04 Å². The molecule has 0 aliphatic carbocycles. The minimum absolute atomic E-state index is 0.254. The van der Waals surface area contributed by atoms with Gasteiger partial charge in [0.15, 0.2) is 0 Å². The Labute approximate surface area is 128 Å². The predicted octanol–water partition coefficient (Wildman–Crippen LogP) is 1.63. The summed E-state index contributed by atoms with van der Waals surface area (Å²) in [5, 5.41) is 14.1. The molecule has 0 bridgehead atoms. The van der Waals surface area contributed by atoms with Gasteiger partial charge in [0.05, 0.1) is 0 Å². The molecule has 1 aromatic carbocycles. The molecule has 0 unspecified atom stereocenters. The Hall–Kier alpha value is -2.81. The van der Waals surface area contributed by atoms with Gasteiger partial charge in [-0.15, -0.1) is 12.3 Å². The first-order valence-electron chi connectivity index (χ1n) is 6.79. The fourth-order valence-electron chi connectivity index (χ4n) is 1.85. The van der Waals surface area contributed by atoms with E-state index in [0.29, 0.717) is 18.5 Å². The zero-order valence-corrected chi connectivity index (χ0v) is 12.3. The number of carboxylic acids is 1. The lowest BCUT2D eigenvalue weighted by atomic mass is 10.1. The van der Waals surface area contributed by atoms with E-state index in [0.717, 1.165) is 0 Å². The fourth-order valence-corrected chi connectivity index (χ4v) is 1.85. The number of hydrogen-bond acceptors (Lipinski definition) is 3. The Morgan fingerprint density at radius 2 is 2.09 bits per heavy atom. The summed E-state index contributed by atoms with van der Waals surface area (Å²) in [6.07, 6.45) is 6.35. The summed E-state index contributed by atoms with van der Waals surface area (Å²) < 4.78 is 0. The maximum absolute atomic E-state index is 12.1. The van der Waals surface area contributed by atoms with Gasteiger partial charge in [-0.05, 0) is 31.0 Å². The number of amides is 2. The summed E-state index contributed by atoms with van der Waals surface area (Å²) >= 11 is 0. The van der Waals surface area contributed by atoms with E-state index >= 15 is 0 Å². The van der Waals surface area contributed by atoms with Crippen LogP contribution in [-0.2, 0) is 9.59 Å². The van der Waals surface area contributed by atoms with Crippen molar-refractivity contribution in [3.8, 4) is 12.3 Å². The van der Waals surface area contributed by atoms with Crippen molar-refractivity contribution in [3.05, 3.63) is 29.8 Å².